The molecule has 0 aliphatic carbocycles. The van der Waals surface area contributed by atoms with Crippen LogP contribution >= 0.6 is 0 Å². The molecule has 1 amide bonds. The minimum Gasteiger partial charge on any atom is -0.466 e. The van der Waals surface area contributed by atoms with Gasteiger partial charge in [-0.3, -0.25) is 9.59 Å². The monoisotopic (exact) mass is 275 g/mol. The lowest BCUT2D eigenvalue weighted by Crippen LogP contribution is -2.29. The number of anilines is 1. The van der Waals surface area contributed by atoms with E-state index >= 15 is 0 Å². The Balaban J connectivity index is 2.62. The fraction of sp³-hybridized carbons (Fsp3) is 0.333. The fourth-order valence-electron chi connectivity index (χ4n) is 1.29. The lowest BCUT2D eigenvalue weighted by molar-refractivity contribution is -0.167. The van der Waals surface area contributed by atoms with Crippen LogP contribution < -0.4 is 5.32 Å². The van der Waals surface area contributed by atoms with Crippen molar-refractivity contribution in [3.8, 4) is 0 Å². The van der Waals surface area contributed by atoms with Gasteiger partial charge < -0.3 is 10.1 Å². The van der Waals surface area contributed by atoms with Crippen LogP contribution in [0.5, 0.6) is 0 Å². The third-order valence-electron chi connectivity index (χ3n) is 2.12. The number of carbonyl (C=O) groups is 2. The molecule has 104 valence electrons. The second kappa shape index (κ2) is 6.21. The van der Waals surface area contributed by atoms with E-state index in [9.17, 15) is 22.8 Å². The molecule has 0 bridgehead atoms. The lowest BCUT2D eigenvalue weighted by atomic mass is 10.1. The molecular weight excluding hydrogens is 263 g/mol. The molecule has 0 aromatic heterocycles. The summed E-state index contributed by atoms with van der Waals surface area (Å²) in [4.78, 5) is 21.8. The third-order valence-corrected chi connectivity index (χ3v) is 2.12. The number of halogens is 3. The number of hydrogen-bond acceptors (Lipinski definition) is 3. The van der Waals surface area contributed by atoms with E-state index in [0.717, 1.165) is 0 Å². The van der Waals surface area contributed by atoms with Gasteiger partial charge in [0.15, 0.2) is 0 Å². The van der Waals surface area contributed by atoms with Gasteiger partial charge in [-0.25, -0.2) is 0 Å². The Morgan fingerprint density at radius 2 is 1.79 bits per heavy atom. The van der Waals surface area contributed by atoms with Gasteiger partial charge >= 0.3 is 18.1 Å². The summed E-state index contributed by atoms with van der Waals surface area (Å²) in [5.41, 5.74) is 0.596. The van der Waals surface area contributed by atoms with Crippen molar-refractivity contribution in [2.75, 3.05) is 11.9 Å². The topological polar surface area (TPSA) is 55.4 Å². The molecule has 0 atom stereocenters. The summed E-state index contributed by atoms with van der Waals surface area (Å²) in [5, 5.41) is 1.71. The summed E-state index contributed by atoms with van der Waals surface area (Å²) < 4.78 is 40.7. The Kier molecular flexibility index (Phi) is 4.91. The lowest BCUT2D eigenvalue weighted by Gasteiger charge is -2.08. The van der Waals surface area contributed by atoms with Crippen LogP contribution in [0.3, 0.4) is 0 Å². The maximum atomic E-state index is 12.0. The second-order valence-electron chi connectivity index (χ2n) is 3.63. The van der Waals surface area contributed by atoms with E-state index in [-0.39, 0.29) is 18.7 Å². The van der Waals surface area contributed by atoms with Gasteiger partial charge in [-0.1, -0.05) is 12.1 Å². The zero-order valence-electron chi connectivity index (χ0n) is 10.1. The maximum Gasteiger partial charge on any atom is 0.471 e. The fourth-order valence-corrected chi connectivity index (χ4v) is 1.29. The summed E-state index contributed by atoms with van der Waals surface area (Å²) in [6.07, 6.45) is -4.90. The van der Waals surface area contributed by atoms with Crippen molar-refractivity contribution in [1.29, 1.82) is 0 Å². The van der Waals surface area contributed by atoms with Crippen LogP contribution in [0, 0.1) is 0 Å². The molecule has 4 nitrogen and oxygen atoms in total. The highest BCUT2D eigenvalue weighted by Crippen LogP contribution is 2.18. The summed E-state index contributed by atoms with van der Waals surface area (Å²) in [7, 11) is 0. The number of esters is 1. The summed E-state index contributed by atoms with van der Waals surface area (Å²) in [6, 6.07) is 5.47. The molecule has 1 aromatic rings. The molecule has 0 aliphatic rings. The number of amides is 1. The molecule has 0 spiro atoms. The Morgan fingerprint density at radius 3 is 2.26 bits per heavy atom. The van der Waals surface area contributed by atoms with Crippen LogP contribution in [0.2, 0.25) is 0 Å². The quantitative estimate of drug-likeness (QED) is 0.858. The highest BCUT2D eigenvalue weighted by atomic mass is 19.4. The molecule has 19 heavy (non-hydrogen) atoms. The normalized spacial score (nSPS) is 10.9. The Labute approximate surface area is 107 Å². The van der Waals surface area contributed by atoms with Gasteiger partial charge in [0.05, 0.1) is 13.0 Å². The van der Waals surface area contributed by atoms with Gasteiger partial charge in [-0.2, -0.15) is 13.2 Å². The minimum atomic E-state index is -4.93. The average Bonchev–Trinajstić information content (AvgIpc) is 2.30. The van der Waals surface area contributed by atoms with Gasteiger partial charge in [0, 0.05) is 5.69 Å². The standard InChI is InChI=1S/C12H12F3NO3/c1-2-19-10(17)7-8-3-5-9(6-4-8)16-11(18)12(13,14)15/h3-6H,2,7H2,1H3,(H,16,18). The van der Waals surface area contributed by atoms with E-state index in [4.69, 9.17) is 4.74 Å². The number of rotatable bonds is 4. The molecule has 0 saturated carbocycles. The van der Waals surface area contributed by atoms with Crippen LogP contribution in [0.25, 0.3) is 0 Å². The highest BCUT2D eigenvalue weighted by Gasteiger charge is 2.38. The number of alkyl halides is 3. The zero-order chi connectivity index (χ0) is 14.5. The predicted molar refractivity (Wildman–Crippen MR) is 61.5 cm³/mol. The van der Waals surface area contributed by atoms with Crippen LogP contribution in [-0.2, 0) is 20.7 Å². The zero-order valence-corrected chi connectivity index (χ0v) is 10.1. The molecule has 7 heteroatoms. The molecule has 1 rings (SSSR count). The molecule has 0 radical (unpaired) electrons. The number of nitrogens with one attached hydrogen (secondary N) is 1. The molecule has 0 unspecified atom stereocenters. The van der Waals surface area contributed by atoms with E-state index in [1.807, 2.05) is 0 Å². The third kappa shape index (κ3) is 4.99. The average molecular weight is 275 g/mol. The van der Waals surface area contributed by atoms with Gasteiger partial charge in [-0.05, 0) is 24.6 Å². The molecular formula is C12H12F3NO3. The van der Waals surface area contributed by atoms with Gasteiger partial charge in [0.25, 0.3) is 0 Å². The van der Waals surface area contributed by atoms with Crippen LogP contribution in [0.1, 0.15) is 12.5 Å². The largest absolute Gasteiger partial charge is 0.471 e. The molecule has 0 fully saturated rings. The van der Waals surface area contributed by atoms with Gasteiger partial charge in [0.1, 0.15) is 0 Å². The number of benzene rings is 1. The van der Waals surface area contributed by atoms with E-state index in [0.29, 0.717) is 5.56 Å². The summed E-state index contributed by atoms with van der Waals surface area (Å²) in [6.45, 7) is 1.94. The Hall–Kier alpha value is -2.05. The van der Waals surface area contributed by atoms with Crippen molar-refractivity contribution in [2.24, 2.45) is 0 Å². The SMILES string of the molecule is CCOC(=O)Cc1ccc(NC(=O)C(F)(F)F)cc1. The first-order valence-electron chi connectivity index (χ1n) is 5.45. The van der Waals surface area contributed by atoms with Crippen molar-refractivity contribution in [1.82, 2.24) is 0 Å². The van der Waals surface area contributed by atoms with Crippen LogP contribution in [0.4, 0.5) is 18.9 Å². The molecule has 1 N–H and O–H groups in total. The number of hydrogen-bond donors (Lipinski definition) is 1. The highest BCUT2D eigenvalue weighted by molar-refractivity contribution is 5.94. The Morgan fingerprint density at radius 1 is 1.21 bits per heavy atom. The van der Waals surface area contributed by atoms with E-state index < -0.39 is 18.1 Å². The first kappa shape index (κ1) is 15.0. The van der Waals surface area contributed by atoms with E-state index in [1.54, 1.807) is 12.2 Å². The molecule has 0 aliphatic heterocycles. The molecule has 0 heterocycles. The summed E-state index contributed by atoms with van der Waals surface area (Å²) in [5.74, 6) is -2.46. The minimum absolute atomic E-state index is 0.00920. The predicted octanol–water partition coefficient (Wildman–Crippen LogP) is 2.29. The van der Waals surface area contributed by atoms with Gasteiger partial charge in [0.2, 0.25) is 0 Å². The first-order chi connectivity index (χ1) is 8.82. The van der Waals surface area contributed by atoms with Crippen molar-refractivity contribution < 1.29 is 27.5 Å². The van der Waals surface area contributed by atoms with Crippen molar-refractivity contribution in [3.05, 3.63) is 29.8 Å². The molecule has 0 saturated heterocycles. The van der Waals surface area contributed by atoms with Crippen molar-refractivity contribution in [2.45, 2.75) is 19.5 Å². The Bertz CT molecular complexity index is 454. The molecule has 1 aromatic carbocycles. The second-order valence-corrected chi connectivity index (χ2v) is 3.63. The summed E-state index contributed by atoms with van der Waals surface area (Å²) >= 11 is 0. The maximum absolute atomic E-state index is 12.0. The van der Waals surface area contributed by atoms with Crippen LogP contribution in [-0.4, -0.2) is 24.7 Å². The van der Waals surface area contributed by atoms with E-state index in [1.165, 1.54) is 24.3 Å². The first-order valence-corrected chi connectivity index (χ1v) is 5.45. The van der Waals surface area contributed by atoms with Crippen molar-refractivity contribution >= 4 is 17.6 Å². The number of ether oxygens (including phenoxy) is 1. The van der Waals surface area contributed by atoms with E-state index in [2.05, 4.69) is 0 Å². The van der Waals surface area contributed by atoms with Gasteiger partial charge in [-0.15, -0.1) is 0 Å². The number of carbonyl (C=O) groups excluding carboxylic acids is 2. The van der Waals surface area contributed by atoms with Crippen molar-refractivity contribution in [3.63, 3.8) is 0 Å². The smallest absolute Gasteiger partial charge is 0.466 e. The van der Waals surface area contributed by atoms with Crippen LogP contribution in [0.15, 0.2) is 24.3 Å².